The third kappa shape index (κ3) is 5.01. The molecule has 0 radical (unpaired) electrons. The Morgan fingerprint density at radius 1 is 1.07 bits per heavy atom. The van der Waals surface area contributed by atoms with Gasteiger partial charge in [-0.3, -0.25) is 4.79 Å². The Morgan fingerprint density at radius 2 is 1.81 bits per heavy atom. The average Bonchev–Trinajstić information content (AvgIpc) is 2.64. The molecule has 1 aliphatic heterocycles. The maximum atomic E-state index is 12.7. The van der Waals surface area contributed by atoms with Gasteiger partial charge in [0.05, 0.1) is 21.4 Å². The van der Waals surface area contributed by atoms with Gasteiger partial charge in [-0.25, -0.2) is 0 Å². The largest absolute Gasteiger partial charge is 0.479 e. The number of nitrogens with zero attached hydrogens (tertiary/aromatic N) is 1. The number of carbonyl (C=O) groups excluding carboxylic acids is 1. The van der Waals surface area contributed by atoms with Gasteiger partial charge in [-0.2, -0.15) is 0 Å². The van der Waals surface area contributed by atoms with Gasteiger partial charge in [0.15, 0.2) is 6.10 Å². The Hall–Kier alpha value is -1.62. The van der Waals surface area contributed by atoms with Crippen molar-refractivity contribution < 1.29 is 9.53 Å². The van der Waals surface area contributed by atoms with E-state index in [-0.39, 0.29) is 5.91 Å². The van der Waals surface area contributed by atoms with Gasteiger partial charge in [0.2, 0.25) is 0 Å². The highest BCUT2D eigenvalue weighted by Crippen LogP contribution is 2.36. The van der Waals surface area contributed by atoms with Crippen molar-refractivity contribution in [1.82, 2.24) is 0 Å². The first kappa shape index (κ1) is 20.1. The zero-order valence-electron chi connectivity index (χ0n) is 15.0. The minimum absolute atomic E-state index is 0.276. The molecule has 144 valence electrons. The Morgan fingerprint density at radius 3 is 2.52 bits per heavy atom. The molecule has 0 aliphatic carbocycles. The Labute approximate surface area is 174 Å². The van der Waals surface area contributed by atoms with Gasteiger partial charge in [0.1, 0.15) is 5.75 Å². The standard InChI is InChI=1S/C20H21Cl3N2O2/c1-13(27-18-9-8-14(21)12-16(18)23)20(26)24-17-7-5-6-15(22)19(17)25-10-3-2-4-11-25/h5-9,12-13H,2-4,10-11H2,1H3,(H,24,26). The number of halogens is 3. The quantitative estimate of drug-likeness (QED) is 0.632. The van der Waals surface area contributed by atoms with Crippen molar-refractivity contribution in [3.05, 3.63) is 51.5 Å². The van der Waals surface area contributed by atoms with Crippen LogP contribution in [0.4, 0.5) is 11.4 Å². The van der Waals surface area contributed by atoms with Gasteiger partial charge in [-0.05, 0) is 56.5 Å². The van der Waals surface area contributed by atoms with E-state index in [4.69, 9.17) is 39.5 Å². The van der Waals surface area contributed by atoms with Crippen molar-refractivity contribution in [2.75, 3.05) is 23.3 Å². The lowest BCUT2D eigenvalue weighted by molar-refractivity contribution is -0.122. The first-order valence-corrected chi connectivity index (χ1v) is 10.0. The third-order valence-corrected chi connectivity index (χ3v) is 5.32. The van der Waals surface area contributed by atoms with E-state index in [9.17, 15) is 4.79 Å². The smallest absolute Gasteiger partial charge is 0.265 e. The highest BCUT2D eigenvalue weighted by Gasteiger charge is 2.22. The summed E-state index contributed by atoms with van der Waals surface area (Å²) in [4.78, 5) is 14.9. The third-order valence-electron chi connectivity index (χ3n) is 4.48. The van der Waals surface area contributed by atoms with Crippen LogP contribution in [0.1, 0.15) is 26.2 Å². The number of nitrogens with one attached hydrogen (secondary N) is 1. The van der Waals surface area contributed by atoms with E-state index >= 15 is 0 Å². The fraction of sp³-hybridized carbons (Fsp3) is 0.350. The van der Waals surface area contributed by atoms with E-state index in [1.807, 2.05) is 18.2 Å². The Balaban J connectivity index is 1.74. The first-order valence-electron chi connectivity index (χ1n) is 8.92. The first-order chi connectivity index (χ1) is 13.0. The van der Waals surface area contributed by atoms with Crippen LogP contribution in [0.3, 0.4) is 0 Å². The minimum Gasteiger partial charge on any atom is -0.479 e. The van der Waals surface area contributed by atoms with E-state index < -0.39 is 6.10 Å². The Kier molecular flexibility index (Phi) is 6.74. The second kappa shape index (κ2) is 9.05. The number of anilines is 2. The van der Waals surface area contributed by atoms with Crippen LogP contribution in [0.5, 0.6) is 5.75 Å². The van der Waals surface area contributed by atoms with Crippen LogP contribution in [0, 0.1) is 0 Å². The van der Waals surface area contributed by atoms with Gasteiger partial charge in [0, 0.05) is 18.1 Å². The highest BCUT2D eigenvalue weighted by atomic mass is 35.5. The average molecular weight is 428 g/mol. The number of para-hydroxylation sites is 1. The molecule has 27 heavy (non-hydrogen) atoms. The predicted molar refractivity (Wildman–Crippen MR) is 113 cm³/mol. The number of benzene rings is 2. The number of ether oxygens (including phenoxy) is 1. The fourth-order valence-electron chi connectivity index (χ4n) is 3.10. The summed E-state index contributed by atoms with van der Waals surface area (Å²) in [6.07, 6.45) is 2.72. The van der Waals surface area contributed by atoms with Gasteiger partial charge in [0.25, 0.3) is 5.91 Å². The van der Waals surface area contributed by atoms with Crippen LogP contribution in [0.25, 0.3) is 0 Å². The van der Waals surface area contributed by atoms with Crippen molar-refractivity contribution in [3.63, 3.8) is 0 Å². The molecule has 7 heteroatoms. The van der Waals surface area contributed by atoms with Crippen molar-refractivity contribution >= 4 is 52.1 Å². The number of carbonyl (C=O) groups is 1. The molecule has 0 aromatic heterocycles. The van der Waals surface area contributed by atoms with Crippen molar-refractivity contribution in [2.45, 2.75) is 32.3 Å². The van der Waals surface area contributed by atoms with E-state index in [0.717, 1.165) is 31.6 Å². The summed E-state index contributed by atoms with van der Waals surface area (Å²) < 4.78 is 5.70. The molecule has 0 bridgehead atoms. The van der Waals surface area contributed by atoms with Crippen LogP contribution in [-0.4, -0.2) is 25.1 Å². The zero-order chi connectivity index (χ0) is 19.4. The summed E-state index contributed by atoms with van der Waals surface area (Å²) in [5.74, 6) is 0.132. The number of rotatable bonds is 5. The maximum Gasteiger partial charge on any atom is 0.265 e. The van der Waals surface area contributed by atoms with Gasteiger partial charge < -0.3 is 15.0 Å². The topological polar surface area (TPSA) is 41.6 Å². The molecular weight excluding hydrogens is 407 g/mol. The maximum absolute atomic E-state index is 12.7. The molecule has 1 heterocycles. The van der Waals surface area contributed by atoms with Crippen LogP contribution < -0.4 is 15.0 Å². The van der Waals surface area contributed by atoms with Crippen molar-refractivity contribution in [3.8, 4) is 5.75 Å². The Bertz CT molecular complexity index is 823. The lowest BCUT2D eigenvalue weighted by atomic mass is 10.1. The number of hydrogen-bond donors (Lipinski definition) is 1. The van der Waals surface area contributed by atoms with Crippen LogP contribution in [0.15, 0.2) is 36.4 Å². The van der Waals surface area contributed by atoms with Crippen LogP contribution in [-0.2, 0) is 4.79 Å². The normalized spacial score (nSPS) is 15.3. The molecule has 2 aromatic carbocycles. The predicted octanol–water partition coefficient (Wildman–Crippen LogP) is 6.04. The van der Waals surface area contributed by atoms with Crippen molar-refractivity contribution in [1.29, 1.82) is 0 Å². The molecule has 1 N–H and O–H groups in total. The molecule has 3 rings (SSSR count). The summed E-state index contributed by atoms with van der Waals surface area (Å²) in [6, 6.07) is 10.4. The number of piperidine rings is 1. The molecule has 0 spiro atoms. The van der Waals surface area contributed by atoms with E-state index in [1.165, 1.54) is 6.42 Å². The van der Waals surface area contributed by atoms with Crippen LogP contribution in [0.2, 0.25) is 15.1 Å². The molecular formula is C20H21Cl3N2O2. The van der Waals surface area contributed by atoms with E-state index in [1.54, 1.807) is 25.1 Å². The van der Waals surface area contributed by atoms with E-state index in [0.29, 0.717) is 26.5 Å². The second-order valence-corrected chi connectivity index (χ2v) is 7.76. The van der Waals surface area contributed by atoms with Crippen LogP contribution >= 0.6 is 34.8 Å². The van der Waals surface area contributed by atoms with E-state index in [2.05, 4.69) is 10.2 Å². The lowest BCUT2D eigenvalue weighted by Gasteiger charge is -2.31. The molecule has 1 atom stereocenters. The molecule has 1 unspecified atom stereocenters. The summed E-state index contributed by atoms with van der Waals surface area (Å²) >= 11 is 18.5. The number of hydrogen-bond acceptors (Lipinski definition) is 3. The molecule has 0 saturated carbocycles. The zero-order valence-corrected chi connectivity index (χ0v) is 17.2. The summed E-state index contributed by atoms with van der Waals surface area (Å²) in [6.45, 7) is 3.53. The highest BCUT2D eigenvalue weighted by molar-refractivity contribution is 6.35. The number of amides is 1. The molecule has 1 saturated heterocycles. The van der Waals surface area contributed by atoms with Gasteiger partial charge in [-0.1, -0.05) is 40.9 Å². The molecule has 2 aromatic rings. The monoisotopic (exact) mass is 426 g/mol. The fourth-order valence-corrected chi connectivity index (χ4v) is 3.85. The van der Waals surface area contributed by atoms with Gasteiger partial charge in [-0.15, -0.1) is 0 Å². The minimum atomic E-state index is -0.739. The van der Waals surface area contributed by atoms with Gasteiger partial charge >= 0.3 is 0 Å². The second-order valence-electron chi connectivity index (χ2n) is 6.51. The molecule has 1 fully saturated rings. The van der Waals surface area contributed by atoms with Crippen molar-refractivity contribution in [2.24, 2.45) is 0 Å². The summed E-state index contributed by atoms with van der Waals surface area (Å²) in [5, 5.41) is 4.44. The summed E-state index contributed by atoms with van der Waals surface area (Å²) in [5.41, 5.74) is 1.55. The lowest BCUT2D eigenvalue weighted by Crippen LogP contribution is -2.33. The molecule has 4 nitrogen and oxygen atoms in total. The molecule has 1 aliphatic rings. The molecule has 1 amide bonds. The SMILES string of the molecule is CC(Oc1ccc(Cl)cc1Cl)C(=O)Nc1cccc(Cl)c1N1CCCCC1. The summed E-state index contributed by atoms with van der Waals surface area (Å²) in [7, 11) is 0.